The van der Waals surface area contributed by atoms with Crippen molar-refractivity contribution in [3.8, 4) is 0 Å². The van der Waals surface area contributed by atoms with Gasteiger partial charge in [0.2, 0.25) is 10.0 Å². The number of hydrogen-bond acceptors (Lipinski definition) is 7. The average Bonchev–Trinajstić information content (AvgIpc) is 3.30. The molecule has 3 aliphatic heterocycles. The van der Waals surface area contributed by atoms with Gasteiger partial charge in [0.05, 0.1) is 23.7 Å². The van der Waals surface area contributed by atoms with Crippen molar-refractivity contribution in [2.75, 3.05) is 57.8 Å². The van der Waals surface area contributed by atoms with Crippen LogP contribution in [-0.4, -0.2) is 86.8 Å². The molecular formula is C27H36N4O5S2. The quantitative estimate of drug-likeness (QED) is 0.582. The van der Waals surface area contributed by atoms with E-state index in [1.54, 1.807) is 17.0 Å². The molecule has 0 aliphatic carbocycles. The van der Waals surface area contributed by atoms with E-state index >= 15 is 0 Å². The number of piperidine rings is 1. The van der Waals surface area contributed by atoms with Gasteiger partial charge < -0.3 is 15.0 Å². The van der Waals surface area contributed by atoms with Gasteiger partial charge >= 0.3 is 0 Å². The number of nitrogens with one attached hydrogen (secondary N) is 1. The summed E-state index contributed by atoms with van der Waals surface area (Å²) in [6.45, 7) is 9.95. The summed E-state index contributed by atoms with van der Waals surface area (Å²) in [5.41, 5.74) is 1.97. The first-order chi connectivity index (χ1) is 18.3. The van der Waals surface area contributed by atoms with Crippen LogP contribution in [0.4, 0.5) is 5.00 Å². The van der Waals surface area contributed by atoms with Crippen LogP contribution in [0.5, 0.6) is 0 Å². The molecule has 3 aliphatic rings. The van der Waals surface area contributed by atoms with Gasteiger partial charge in [0.15, 0.2) is 0 Å². The largest absolute Gasteiger partial charge is 0.378 e. The molecule has 2 fully saturated rings. The van der Waals surface area contributed by atoms with Gasteiger partial charge in [-0.15, -0.1) is 11.3 Å². The molecule has 0 atom stereocenters. The molecule has 0 saturated carbocycles. The Morgan fingerprint density at radius 1 is 1.05 bits per heavy atom. The summed E-state index contributed by atoms with van der Waals surface area (Å²) in [5.74, 6) is 0.103. The van der Waals surface area contributed by atoms with Crippen molar-refractivity contribution < 1.29 is 22.7 Å². The fraction of sp³-hybridized carbons (Fsp3) is 0.556. The van der Waals surface area contributed by atoms with Crippen LogP contribution in [0.15, 0.2) is 29.2 Å². The molecule has 1 N–H and O–H groups in total. The smallest absolute Gasteiger partial charge is 0.257 e. The van der Waals surface area contributed by atoms with Crippen LogP contribution in [0.3, 0.4) is 0 Å². The monoisotopic (exact) mass is 560 g/mol. The second-order valence-corrected chi connectivity index (χ2v) is 13.3. The lowest BCUT2D eigenvalue weighted by Gasteiger charge is -2.29. The highest BCUT2D eigenvalue weighted by molar-refractivity contribution is 7.89. The topological polar surface area (TPSA) is 99.3 Å². The standard InChI is InChI=1S/C27H36N4O5S2/c1-3-29-11-10-22-23(18-29)37-26(24(22)27(33)30-14-16-36-17-15-30)28-25(32)20-4-6-21(7-5-20)38(34,35)31-12-8-19(2)9-13-31/h4-7,19H,3,8-18H2,1-2H3,(H,28,32). The van der Waals surface area contributed by atoms with Crippen molar-refractivity contribution in [2.24, 2.45) is 5.92 Å². The SMILES string of the molecule is CCN1CCc2c(sc(NC(=O)c3ccc(S(=O)(=O)N4CCC(C)CC4)cc3)c2C(=O)N2CCOCC2)C1. The minimum Gasteiger partial charge on any atom is -0.378 e. The molecule has 4 heterocycles. The van der Waals surface area contributed by atoms with Crippen LogP contribution in [0.2, 0.25) is 0 Å². The second-order valence-electron chi connectivity index (χ2n) is 10.3. The Bertz CT molecular complexity index is 1280. The number of sulfonamides is 1. The first-order valence-electron chi connectivity index (χ1n) is 13.4. The maximum atomic E-state index is 13.6. The number of carbonyl (C=O) groups excluding carboxylic acids is 2. The highest BCUT2D eigenvalue weighted by atomic mass is 32.2. The number of anilines is 1. The Labute approximate surface area is 228 Å². The molecule has 0 radical (unpaired) electrons. The molecule has 1 aromatic carbocycles. The van der Waals surface area contributed by atoms with E-state index in [4.69, 9.17) is 4.74 Å². The van der Waals surface area contributed by atoms with Crippen molar-refractivity contribution >= 4 is 38.2 Å². The zero-order chi connectivity index (χ0) is 26.9. The average molecular weight is 561 g/mol. The fourth-order valence-corrected chi connectivity index (χ4v) is 8.04. The zero-order valence-corrected chi connectivity index (χ0v) is 23.7. The molecule has 9 nitrogen and oxygen atoms in total. The number of amides is 2. The van der Waals surface area contributed by atoms with Gasteiger partial charge in [0.1, 0.15) is 5.00 Å². The summed E-state index contributed by atoms with van der Waals surface area (Å²) in [4.78, 5) is 32.3. The number of hydrogen-bond donors (Lipinski definition) is 1. The van der Waals surface area contributed by atoms with Crippen molar-refractivity contribution in [1.29, 1.82) is 0 Å². The van der Waals surface area contributed by atoms with Crippen LogP contribution in [0.1, 0.15) is 57.8 Å². The van der Waals surface area contributed by atoms with E-state index in [0.29, 0.717) is 61.4 Å². The Kier molecular flexibility index (Phi) is 8.20. The van der Waals surface area contributed by atoms with Gasteiger partial charge in [-0.1, -0.05) is 13.8 Å². The van der Waals surface area contributed by atoms with Crippen LogP contribution in [0.25, 0.3) is 0 Å². The summed E-state index contributed by atoms with van der Waals surface area (Å²) in [5, 5.41) is 3.55. The highest BCUT2D eigenvalue weighted by Crippen LogP contribution is 2.38. The predicted octanol–water partition coefficient (Wildman–Crippen LogP) is 3.27. The Morgan fingerprint density at radius 2 is 1.74 bits per heavy atom. The maximum absolute atomic E-state index is 13.6. The number of likely N-dealkylation sites (N-methyl/N-ethyl adjacent to an activating group) is 1. The van der Waals surface area contributed by atoms with Crippen LogP contribution in [-0.2, 0) is 27.7 Å². The molecule has 206 valence electrons. The number of carbonyl (C=O) groups is 2. The lowest BCUT2D eigenvalue weighted by molar-refractivity contribution is 0.0303. The van der Waals surface area contributed by atoms with Gasteiger partial charge in [-0.25, -0.2) is 8.42 Å². The minimum atomic E-state index is -3.59. The number of morpholine rings is 1. The summed E-state index contributed by atoms with van der Waals surface area (Å²) in [6.07, 6.45) is 2.47. The van der Waals surface area contributed by atoms with Crippen LogP contribution >= 0.6 is 11.3 Å². The molecule has 2 aromatic rings. The van der Waals surface area contributed by atoms with Gasteiger partial charge in [-0.05, 0) is 61.6 Å². The van der Waals surface area contributed by atoms with Crippen LogP contribution < -0.4 is 5.32 Å². The van der Waals surface area contributed by atoms with E-state index in [9.17, 15) is 18.0 Å². The number of benzene rings is 1. The van der Waals surface area contributed by atoms with E-state index < -0.39 is 10.0 Å². The fourth-order valence-electron chi connectivity index (χ4n) is 5.29. The number of ether oxygens (including phenoxy) is 1. The third-order valence-corrected chi connectivity index (χ3v) is 10.9. The summed E-state index contributed by atoms with van der Waals surface area (Å²) >= 11 is 1.47. The lowest BCUT2D eigenvalue weighted by Crippen LogP contribution is -2.41. The first kappa shape index (κ1) is 27.3. The molecule has 0 unspecified atom stereocenters. The van der Waals surface area contributed by atoms with Crippen LogP contribution in [0, 0.1) is 5.92 Å². The molecule has 0 spiro atoms. The Balaban J connectivity index is 1.37. The number of thiophene rings is 1. The number of rotatable bonds is 6. The minimum absolute atomic E-state index is 0.0664. The molecular weight excluding hydrogens is 524 g/mol. The second kappa shape index (κ2) is 11.4. The first-order valence-corrected chi connectivity index (χ1v) is 15.7. The van der Waals surface area contributed by atoms with E-state index in [0.717, 1.165) is 49.3 Å². The van der Waals surface area contributed by atoms with Gasteiger partial charge in [0, 0.05) is 49.7 Å². The molecule has 0 bridgehead atoms. The maximum Gasteiger partial charge on any atom is 0.257 e. The summed E-state index contributed by atoms with van der Waals surface area (Å²) in [6, 6.07) is 6.09. The Morgan fingerprint density at radius 3 is 2.39 bits per heavy atom. The molecule has 2 amide bonds. The van der Waals surface area contributed by atoms with Crippen molar-refractivity contribution in [2.45, 2.75) is 44.6 Å². The number of fused-ring (bicyclic) bond motifs is 1. The van der Waals surface area contributed by atoms with E-state index in [1.807, 2.05) is 0 Å². The zero-order valence-electron chi connectivity index (χ0n) is 22.1. The van der Waals surface area contributed by atoms with Crippen molar-refractivity contribution in [3.63, 3.8) is 0 Å². The molecule has 1 aromatic heterocycles. The van der Waals surface area contributed by atoms with E-state index in [-0.39, 0.29) is 16.7 Å². The molecule has 11 heteroatoms. The summed E-state index contributed by atoms with van der Waals surface area (Å²) < 4.78 is 33.1. The highest BCUT2D eigenvalue weighted by Gasteiger charge is 2.32. The van der Waals surface area contributed by atoms with Gasteiger partial charge in [-0.3, -0.25) is 14.5 Å². The molecule has 5 rings (SSSR count). The van der Waals surface area contributed by atoms with Crippen molar-refractivity contribution in [1.82, 2.24) is 14.1 Å². The van der Waals surface area contributed by atoms with Gasteiger partial charge in [0.25, 0.3) is 11.8 Å². The Hall–Kier alpha value is -2.31. The van der Waals surface area contributed by atoms with Crippen molar-refractivity contribution in [3.05, 3.63) is 45.8 Å². The lowest BCUT2D eigenvalue weighted by atomic mass is 10.0. The molecule has 2 saturated heterocycles. The normalized spacial score (nSPS) is 19.8. The predicted molar refractivity (Wildman–Crippen MR) is 147 cm³/mol. The van der Waals surface area contributed by atoms with E-state index in [2.05, 4.69) is 24.1 Å². The third kappa shape index (κ3) is 5.53. The van der Waals surface area contributed by atoms with E-state index in [1.165, 1.54) is 27.8 Å². The summed E-state index contributed by atoms with van der Waals surface area (Å²) in [7, 11) is -3.59. The molecule has 38 heavy (non-hydrogen) atoms. The van der Waals surface area contributed by atoms with Gasteiger partial charge in [-0.2, -0.15) is 4.31 Å². The number of nitrogens with zero attached hydrogens (tertiary/aromatic N) is 3. The third-order valence-electron chi connectivity index (χ3n) is 7.82.